The zero-order chi connectivity index (χ0) is 13.4. The lowest BCUT2D eigenvalue weighted by Gasteiger charge is -2.13. The number of rotatable bonds is 6. The zero-order valence-electron chi connectivity index (χ0n) is 11.2. The van der Waals surface area contributed by atoms with Crippen LogP contribution in [0, 0.1) is 5.82 Å². The molecule has 0 aliphatic carbocycles. The molecule has 0 aromatic heterocycles. The number of benzene rings is 1. The lowest BCUT2D eigenvalue weighted by atomic mass is 10.1. The van der Waals surface area contributed by atoms with Gasteiger partial charge in [-0.1, -0.05) is 18.2 Å². The molecule has 0 fully saturated rings. The number of nitrogens with zero attached hydrogens (tertiary/aromatic N) is 1. The summed E-state index contributed by atoms with van der Waals surface area (Å²) in [7, 11) is 1.63. The van der Waals surface area contributed by atoms with Crippen LogP contribution in [0.2, 0.25) is 0 Å². The zero-order valence-corrected chi connectivity index (χ0v) is 13.6. The summed E-state index contributed by atoms with van der Waals surface area (Å²) in [6.07, 6.45) is 0.535. The summed E-state index contributed by atoms with van der Waals surface area (Å²) in [5.41, 5.74) is 6.35. The number of guanidine groups is 1. The van der Waals surface area contributed by atoms with Gasteiger partial charge in [-0.25, -0.2) is 4.39 Å². The summed E-state index contributed by atoms with van der Waals surface area (Å²) in [6.45, 7) is 2.96. The molecule has 6 heteroatoms. The van der Waals surface area contributed by atoms with Crippen LogP contribution in [0.1, 0.15) is 12.5 Å². The van der Waals surface area contributed by atoms with Crippen molar-refractivity contribution in [1.82, 2.24) is 5.32 Å². The van der Waals surface area contributed by atoms with Gasteiger partial charge in [0.25, 0.3) is 0 Å². The predicted octanol–water partition coefficient (Wildman–Crippen LogP) is 1.93. The van der Waals surface area contributed by atoms with Crippen LogP contribution in [-0.4, -0.2) is 32.3 Å². The highest BCUT2D eigenvalue weighted by Gasteiger charge is 2.02. The van der Waals surface area contributed by atoms with Gasteiger partial charge < -0.3 is 15.8 Å². The average molecular weight is 381 g/mol. The second-order valence-electron chi connectivity index (χ2n) is 4.11. The van der Waals surface area contributed by atoms with E-state index >= 15 is 0 Å². The maximum absolute atomic E-state index is 13.3. The number of methoxy groups -OCH3 is 1. The van der Waals surface area contributed by atoms with Gasteiger partial charge in [-0.2, -0.15) is 0 Å². The molecule has 19 heavy (non-hydrogen) atoms. The van der Waals surface area contributed by atoms with E-state index in [1.807, 2.05) is 13.0 Å². The summed E-state index contributed by atoms with van der Waals surface area (Å²) >= 11 is 0. The van der Waals surface area contributed by atoms with Crippen molar-refractivity contribution in [3.63, 3.8) is 0 Å². The van der Waals surface area contributed by atoms with Crippen molar-refractivity contribution in [2.45, 2.75) is 19.4 Å². The van der Waals surface area contributed by atoms with Crippen molar-refractivity contribution in [2.24, 2.45) is 10.7 Å². The van der Waals surface area contributed by atoms with Crippen LogP contribution in [-0.2, 0) is 11.2 Å². The topological polar surface area (TPSA) is 59.6 Å². The Morgan fingerprint density at radius 3 is 2.79 bits per heavy atom. The summed E-state index contributed by atoms with van der Waals surface area (Å²) in [5, 5.41) is 2.99. The standard InChI is InChI=1S/C13H20FN3O.HI/c1-10(9-18-2)17-13(15)16-8-7-11-5-3-4-6-12(11)14;/h3-6,10H,7-9H2,1-2H3,(H3,15,16,17);1H. The third-order valence-corrected chi connectivity index (χ3v) is 2.43. The molecule has 0 radical (unpaired) electrons. The minimum atomic E-state index is -0.202. The van der Waals surface area contributed by atoms with Gasteiger partial charge >= 0.3 is 0 Å². The van der Waals surface area contributed by atoms with Crippen LogP contribution in [0.5, 0.6) is 0 Å². The van der Waals surface area contributed by atoms with Crippen molar-refractivity contribution in [1.29, 1.82) is 0 Å². The monoisotopic (exact) mass is 381 g/mol. The van der Waals surface area contributed by atoms with Gasteiger partial charge in [-0.15, -0.1) is 24.0 Å². The molecular formula is C13H21FIN3O. The molecule has 3 N–H and O–H groups in total. The highest BCUT2D eigenvalue weighted by atomic mass is 127. The van der Waals surface area contributed by atoms with Gasteiger partial charge in [-0.3, -0.25) is 4.99 Å². The van der Waals surface area contributed by atoms with E-state index < -0.39 is 0 Å². The van der Waals surface area contributed by atoms with Gasteiger partial charge in [0.05, 0.1) is 6.61 Å². The Kier molecular flexibility index (Phi) is 9.50. The molecule has 0 heterocycles. The smallest absolute Gasteiger partial charge is 0.188 e. The number of aliphatic imine (C=N–C) groups is 1. The molecule has 0 bridgehead atoms. The molecule has 0 saturated carbocycles. The van der Waals surface area contributed by atoms with E-state index in [0.29, 0.717) is 31.1 Å². The highest BCUT2D eigenvalue weighted by Crippen LogP contribution is 2.06. The first-order valence-electron chi connectivity index (χ1n) is 5.92. The number of hydrogen-bond acceptors (Lipinski definition) is 2. The van der Waals surface area contributed by atoms with Gasteiger partial charge in [0.2, 0.25) is 0 Å². The number of nitrogens with two attached hydrogens (primary N) is 1. The van der Waals surface area contributed by atoms with Gasteiger partial charge in [0, 0.05) is 19.7 Å². The molecule has 0 aliphatic rings. The Morgan fingerprint density at radius 2 is 2.16 bits per heavy atom. The van der Waals surface area contributed by atoms with Crippen molar-refractivity contribution in [3.8, 4) is 0 Å². The van der Waals surface area contributed by atoms with Crippen LogP contribution in [0.4, 0.5) is 4.39 Å². The van der Waals surface area contributed by atoms with E-state index in [1.165, 1.54) is 6.07 Å². The van der Waals surface area contributed by atoms with E-state index in [0.717, 1.165) is 0 Å². The summed E-state index contributed by atoms with van der Waals surface area (Å²) in [5.74, 6) is 0.155. The number of nitrogens with one attached hydrogen (secondary N) is 1. The number of hydrogen-bond donors (Lipinski definition) is 2. The minimum Gasteiger partial charge on any atom is -0.383 e. The molecule has 1 atom stereocenters. The Hall–Kier alpha value is -0.890. The molecule has 1 unspecified atom stereocenters. The Balaban J connectivity index is 0.00000324. The molecule has 0 aliphatic heterocycles. The maximum Gasteiger partial charge on any atom is 0.188 e. The molecule has 1 aromatic carbocycles. The van der Waals surface area contributed by atoms with Crippen molar-refractivity contribution in [3.05, 3.63) is 35.6 Å². The lowest BCUT2D eigenvalue weighted by Crippen LogP contribution is -2.40. The quantitative estimate of drug-likeness (QED) is 0.450. The molecule has 1 rings (SSSR count). The van der Waals surface area contributed by atoms with E-state index in [4.69, 9.17) is 10.5 Å². The fourth-order valence-electron chi connectivity index (χ4n) is 1.59. The Morgan fingerprint density at radius 1 is 1.47 bits per heavy atom. The van der Waals surface area contributed by atoms with Crippen molar-refractivity contribution >= 4 is 29.9 Å². The Labute approximate surface area is 130 Å². The van der Waals surface area contributed by atoms with Gasteiger partial charge in [0.1, 0.15) is 5.82 Å². The maximum atomic E-state index is 13.3. The molecule has 0 spiro atoms. The van der Waals surface area contributed by atoms with Crippen molar-refractivity contribution < 1.29 is 9.13 Å². The lowest BCUT2D eigenvalue weighted by molar-refractivity contribution is 0.179. The molecular weight excluding hydrogens is 360 g/mol. The number of ether oxygens (including phenoxy) is 1. The van der Waals surface area contributed by atoms with Crippen LogP contribution >= 0.6 is 24.0 Å². The summed E-state index contributed by atoms with van der Waals surface area (Å²) in [4.78, 5) is 4.14. The first-order chi connectivity index (χ1) is 8.63. The first-order valence-corrected chi connectivity index (χ1v) is 5.92. The second-order valence-corrected chi connectivity index (χ2v) is 4.11. The highest BCUT2D eigenvalue weighted by molar-refractivity contribution is 14.0. The van der Waals surface area contributed by atoms with Crippen LogP contribution in [0.25, 0.3) is 0 Å². The van der Waals surface area contributed by atoms with Crippen LogP contribution in [0.3, 0.4) is 0 Å². The van der Waals surface area contributed by atoms with Crippen LogP contribution in [0.15, 0.2) is 29.3 Å². The fraction of sp³-hybridized carbons (Fsp3) is 0.462. The summed E-state index contributed by atoms with van der Waals surface area (Å²) < 4.78 is 18.3. The largest absolute Gasteiger partial charge is 0.383 e. The molecule has 1 aromatic rings. The third kappa shape index (κ3) is 7.31. The molecule has 108 valence electrons. The second kappa shape index (κ2) is 9.96. The number of halogens is 2. The fourth-order valence-corrected chi connectivity index (χ4v) is 1.59. The average Bonchev–Trinajstić information content (AvgIpc) is 2.31. The SMILES string of the molecule is COCC(C)NC(N)=NCCc1ccccc1F.I. The van der Waals surface area contributed by atoms with E-state index in [2.05, 4.69) is 10.3 Å². The molecule has 0 amide bonds. The van der Waals surface area contributed by atoms with Gasteiger partial charge in [-0.05, 0) is 25.0 Å². The van der Waals surface area contributed by atoms with E-state index in [1.54, 1.807) is 19.2 Å². The van der Waals surface area contributed by atoms with E-state index in [9.17, 15) is 4.39 Å². The van der Waals surface area contributed by atoms with Crippen LogP contribution < -0.4 is 11.1 Å². The third-order valence-electron chi connectivity index (χ3n) is 2.43. The van der Waals surface area contributed by atoms with Gasteiger partial charge in [0.15, 0.2) is 5.96 Å². The summed E-state index contributed by atoms with van der Waals surface area (Å²) in [6, 6.07) is 6.78. The normalized spacial score (nSPS) is 12.7. The minimum absolute atomic E-state index is 0. The Bertz CT molecular complexity index is 401. The first kappa shape index (κ1) is 18.1. The predicted molar refractivity (Wildman–Crippen MR) is 86.5 cm³/mol. The molecule has 4 nitrogen and oxygen atoms in total. The van der Waals surface area contributed by atoms with Crippen molar-refractivity contribution in [2.75, 3.05) is 20.3 Å². The van der Waals surface area contributed by atoms with E-state index in [-0.39, 0.29) is 35.8 Å². The molecule has 0 saturated heterocycles.